The number of amides is 1. The molecule has 0 spiro atoms. The first-order valence-corrected chi connectivity index (χ1v) is 10.5. The van der Waals surface area contributed by atoms with Crippen LogP contribution in [0.25, 0.3) is 11.3 Å². The van der Waals surface area contributed by atoms with Crippen molar-refractivity contribution in [1.82, 2.24) is 15.2 Å². The Bertz CT molecular complexity index is 990. The quantitative estimate of drug-likeness (QED) is 0.575. The summed E-state index contributed by atoms with van der Waals surface area (Å²) in [6.45, 7) is 4.68. The Morgan fingerprint density at radius 3 is 2.60 bits per heavy atom. The van der Waals surface area contributed by atoms with Crippen LogP contribution in [0.2, 0.25) is 0 Å². The van der Waals surface area contributed by atoms with Gasteiger partial charge in [0.05, 0.1) is 13.2 Å². The van der Waals surface area contributed by atoms with E-state index < -0.39 is 0 Å². The molecule has 1 atom stereocenters. The molecule has 3 heterocycles. The Labute approximate surface area is 176 Å². The average Bonchev–Trinajstić information content (AvgIpc) is 3.39. The topological polar surface area (TPSA) is 81.6 Å². The van der Waals surface area contributed by atoms with Gasteiger partial charge >= 0.3 is 0 Å². The molecule has 1 aliphatic heterocycles. The van der Waals surface area contributed by atoms with Gasteiger partial charge in [0.15, 0.2) is 11.5 Å². The van der Waals surface area contributed by atoms with E-state index in [0.29, 0.717) is 23.8 Å². The summed E-state index contributed by atoms with van der Waals surface area (Å²) in [6.07, 6.45) is 3.90. The zero-order chi connectivity index (χ0) is 21.1. The number of aromatic nitrogens is 2. The molecular weight excluding hydrogens is 382 g/mol. The van der Waals surface area contributed by atoms with Gasteiger partial charge in [0.2, 0.25) is 0 Å². The average molecular weight is 409 g/mol. The maximum atomic E-state index is 13.2. The molecule has 1 aliphatic rings. The van der Waals surface area contributed by atoms with Gasteiger partial charge in [-0.05, 0) is 37.1 Å². The monoisotopic (exact) mass is 409 g/mol. The van der Waals surface area contributed by atoms with E-state index in [1.54, 1.807) is 13.2 Å². The third-order valence-electron chi connectivity index (χ3n) is 5.57. The second kappa shape index (κ2) is 8.73. The van der Waals surface area contributed by atoms with Crippen molar-refractivity contribution in [3.8, 4) is 17.0 Å². The number of carbonyl (C=O) groups is 1. The van der Waals surface area contributed by atoms with Crippen LogP contribution in [0.1, 0.15) is 73.5 Å². The molecule has 1 fully saturated rings. The van der Waals surface area contributed by atoms with E-state index in [4.69, 9.17) is 13.8 Å². The van der Waals surface area contributed by atoms with Crippen LogP contribution in [0, 0.1) is 0 Å². The summed E-state index contributed by atoms with van der Waals surface area (Å²) >= 11 is 0. The molecule has 1 amide bonds. The van der Waals surface area contributed by atoms with Gasteiger partial charge in [-0.25, -0.2) is 0 Å². The Morgan fingerprint density at radius 2 is 1.90 bits per heavy atom. The lowest BCUT2D eigenvalue weighted by Crippen LogP contribution is -2.34. The van der Waals surface area contributed by atoms with Crippen LogP contribution in [0.4, 0.5) is 0 Å². The van der Waals surface area contributed by atoms with Gasteiger partial charge in [-0.1, -0.05) is 37.0 Å². The highest BCUT2D eigenvalue weighted by Crippen LogP contribution is 2.34. The van der Waals surface area contributed by atoms with Crippen molar-refractivity contribution in [1.29, 1.82) is 0 Å². The number of benzene rings is 1. The molecule has 158 valence electrons. The SMILES string of the molecule is COc1ccc(-c2cc([C@H]3CCCCCN3C(=O)c3cc(C(C)C)on3)on2)cc1. The molecule has 7 heteroatoms. The fraction of sp³-hybridized carbons (Fsp3) is 0.435. The van der Waals surface area contributed by atoms with Crippen molar-refractivity contribution in [2.45, 2.75) is 51.5 Å². The summed E-state index contributed by atoms with van der Waals surface area (Å²) in [5, 5.41) is 8.27. The Morgan fingerprint density at radius 1 is 1.10 bits per heavy atom. The number of rotatable bonds is 5. The molecule has 0 bridgehead atoms. The van der Waals surface area contributed by atoms with Crippen LogP contribution in [-0.2, 0) is 0 Å². The minimum Gasteiger partial charge on any atom is -0.497 e. The summed E-state index contributed by atoms with van der Waals surface area (Å²) < 4.78 is 16.3. The second-order valence-corrected chi connectivity index (χ2v) is 7.98. The van der Waals surface area contributed by atoms with Crippen molar-refractivity contribution in [2.75, 3.05) is 13.7 Å². The lowest BCUT2D eigenvalue weighted by molar-refractivity contribution is 0.0640. The molecule has 0 radical (unpaired) electrons. The van der Waals surface area contributed by atoms with E-state index in [1.165, 1.54) is 0 Å². The van der Waals surface area contributed by atoms with Crippen molar-refractivity contribution < 1.29 is 18.6 Å². The second-order valence-electron chi connectivity index (χ2n) is 7.98. The van der Waals surface area contributed by atoms with Gasteiger partial charge in [0.1, 0.15) is 17.2 Å². The molecule has 30 heavy (non-hydrogen) atoms. The molecule has 7 nitrogen and oxygen atoms in total. The Hall–Kier alpha value is -3.09. The zero-order valence-corrected chi connectivity index (χ0v) is 17.6. The molecule has 2 aromatic heterocycles. The van der Waals surface area contributed by atoms with E-state index >= 15 is 0 Å². The maximum absolute atomic E-state index is 13.2. The smallest absolute Gasteiger partial charge is 0.276 e. The zero-order valence-electron chi connectivity index (χ0n) is 17.6. The highest BCUT2D eigenvalue weighted by molar-refractivity contribution is 5.92. The predicted octanol–water partition coefficient (Wildman–Crippen LogP) is 5.22. The van der Waals surface area contributed by atoms with E-state index in [1.807, 2.05) is 49.1 Å². The fourth-order valence-corrected chi connectivity index (χ4v) is 3.80. The fourth-order valence-electron chi connectivity index (χ4n) is 3.80. The third-order valence-corrected chi connectivity index (χ3v) is 5.57. The van der Waals surface area contributed by atoms with E-state index in [9.17, 15) is 4.79 Å². The first kappa shape index (κ1) is 20.2. The van der Waals surface area contributed by atoms with Crippen LogP contribution in [0.5, 0.6) is 5.75 Å². The van der Waals surface area contributed by atoms with Crippen molar-refractivity contribution in [3.05, 3.63) is 53.6 Å². The summed E-state index contributed by atoms with van der Waals surface area (Å²) in [5.74, 6) is 2.26. The van der Waals surface area contributed by atoms with E-state index in [0.717, 1.165) is 42.7 Å². The molecule has 4 rings (SSSR count). The van der Waals surface area contributed by atoms with Gasteiger partial charge in [-0.2, -0.15) is 0 Å². The molecule has 0 N–H and O–H groups in total. The van der Waals surface area contributed by atoms with E-state index in [2.05, 4.69) is 10.3 Å². The van der Waals surface area contributed by atoms with Gasteiger partial charge in [0, 0.05) is 30.2 Å². The highest BCUT2D eigenvalue weighted by atomic mass is 16.5. The number of ether oxygens (including phenoxy) is 1. The lowest BCUT2D eigenvalue weighted by Gasteiger charge is -2.27. The first-order chi connectivity index (χ1) is 14.6. The van der Waals surface area contributed by atoms with Gasteiger partial charge in [-0.3, -0.25) is 4.79 Å². The van der Waals surface area contributed by atoms with Crippen molar-refractivity contribution >= 4 is 5.91 Å². The minimum atomic E-state index is -0.168. The standard InChI is InChI=1S/C23H27N3O4/c1-15(2)21-14-19(25-29-21)23(27)26-12-6-4-5-7-20(26)22-13-18(24-30-22)16-8-10-17(28-3)11-9-16/h8-11,13-15,20H,4-7,12H2,1-3H3/t20-/m1/s1. The summed E-state index contributed by atoms with van der Waals surface area (Å²) in [4.78, 5) is 15.1. The summed E-state index contributed by atoms with van der Waals surface area (Å²) in [5.41, 5.74) is 2.03. The van der Waals surface area contributed by atoms with Crippen LogP contribution in [-0.4, -0.2) is 34.8 Å². The Balaban J connectivity index is 1.60. The van der Waals surface area contributed by atoms with Crippen molar-refractivity contribution in [3.63, 3.8) is 0 Å². The first-order valence-electron chi connectivity index (χ1n) is 10.5. The van der Waals surface area contributed by atoms with Crippen molar-refractivity contribution in [2.24, 2.45) is 0 Å². The normalized spacial score (nSPS) is 17.2. The minimum absolute atomic E-state index is 0.125. The van der Waals surface area contributed by atoms with Gasteiger partial charge < -0.3 is 18.7 Å². The number of carbonyl (C=O) groups excluding carboxylic acids is 1. The predicted molar refractivity (Wildman–Crippen MR) is 111 cm³/mol. The molecule has 1 aromatic carbocycles. The molecule has 0 saturated carbocycles. The van der Waals surface area contributed by atoms with Crippen LogP contribution < -0.4 is 4.74 Å². The molecule has 1 saturated heterocycles. The van der Waals surface area contributed by atoms with Crippen LogP contribution in [0.15, 0.2) is 45.4 Å². The molecule has 0 unspecified atom stereocenters. The molecule has 3 aromatic rings. The molecular formula is C23H27N3O4. The number of hydrogen-bond acceptors (Lipinski definition) is 6. The number of methoxy groups -OCH3 is 1. The number of likely N-dealkylation sites (tertiary alicyclic amines) is 1. The largest absolute Gasteiger partial charge is 0.497 e. The summed E-state index contributed by atoms with van der Waals surface area (Å²) in [6, 6.07) is 11.2. The van der Waals surface area contributed by atoms with Gasteiger partial charge in [0.25, 0.3) is 5.91 Å². The Kier molecular flexibility index (Phi) is 5.88. The molecule has 0 aliphatic carbocycles. The maximum Gasteiger partial charge on any atom is 0.276 e. The highest BCUT2D eigenvalue weighted by Gasteiger charge is 2.32. The lowest BCUT2D eigenvalue weighted by atomic mass is 10.0. The van der Waals surface area contributed by atoms with E-state index in [-0.39, 0.29) is 17.9 Å². The van der Waals surface area contributed by atoms with Crippen LogP contribution in [0.3, 0.4) is 0 Å². The third kappa shape index (κ3) is 4.10. The summed E-state index contributed by atoms with van der Waals surface area (Å²) in [7, 11) is 1.64. The van der Waals surface area contributed by atoms with Crippen LogP contribution >= 0.6 is 0 Å². The van der Waals surface area contributed by atoms with Gasteiger partial charge in [-0.15, -0.1) is 0 Å². The number of hydrogen-bond donors (Lipinski definition) is 0. The number of nitrogens with zero attached hydrogens (tertiary/aromatic N) is 3.